The van der Waals surface area contributed by atoms with Crippen molar-refractivity contribution in [2.24, 2.45) is 5.92 Å². The SMILES string of the molecule is Cc1nnc(N2CCCC(C(=O)c3ccc(F)cc3)C2)c(C#N)c1C. The van der Waals surface area contributed by atoms with Crippen LogP contribution in [-0.4, -0.2) is 29.1 Å². The van der Waals surface area contributed by atoms with Crippen LogP contribution in [0.5, 0.6) is 0 Å². The van der Waals surface area contributed by atoms with Crippen molar-refractivity contribution in [1.82, 2.24) is 10.2 Å². The van der Waals surface area contributed by atoms with E-state index in [1.54, 1.807) is 0 Å². The number of nitrogens with zero attached hydrogens (tertiary/aromatic N) is 4. The number of benzene rings is 1. The highest BCUT2D eigenvalue weighted by Crippen LogP contribution is 2.28. The molecule has 2 aromatic rings. The molecule has 128 valence electrons. The van der Waals surface area contributed by atoms with Crippen molar-refractivity contribution >= 4 is 11.6 Å². The third kappa shape index (κ3) is 3.36. The molecule has 0 radical (unpaired) electrons. The van der Waals surface area contributed by atoms with Gasteiger partial charge in [-0.3, -0.25) is 4.79 Å². The highest BCUT2D eigenvalue weighted by atomic mass is 19.1. The molecule has 0 aliphatic carbocycles. The zero-order valence-corrected chi connectivity index (χ0v) is 14.3. The zero-order valence-electron chi connectivity index (χ0n) is 14.3. The highest BCUT2D eigenvalue weighted by Gasteiger charge is 2.29. The lowest BCUT2D eigenvalue weighted by Crippen LogP contribution is -2.40. The third-order valence-electron chi connectivity index (χ3n) is 4.77. The minimum Gasteiger partial charge on any atom is -0.353 e. The van der Waals surface area contributed by atoms with E-state index in [0.29, 0.717) is 23.5 Å². The van der Waals surface area contributed by atoms with Gasteiger partial charge in [0.2, 0.25) is 0 Å². The Morgan fingerprint density at radius 3 is 2.68 bits per heavy atom. The lowest BCUT2D eigenvalue weighted by atomic mass is 9.89. The number of hydrogen-bond acceptors (Lipinski definition) is 5. The fourth-order valence-electron chi connectivity index (χ4n) is 3.18. The molecule has 0 saturated carbocycles. The van der Waals surface area contributed by atoms with Crippen LogP contribution < -0.4 is 4.90 Å². The summed E-state index contributed by atoms with van der Waals surface area (Å²) >= 11 is 0. The van der Waals surface area contributed by atoms with Crippen LogP contribution in [0.3, 0.4) is 0 Å². The maximum absolute atomic E-state index is 13.1. The molecule has 1 aliphatic heterocycles. The first-order valence-corrected chi connectivity index (χ1v) is 8.30. The van der Waals surface area contributed by atoms with E-state index in [9.17, 15) is 14.4 Å². The predicted molar refractivity (Wildman–Crippen MR) is 91.9 cm³/mol. The van der Waals surface area contributed by atoms with Gasteiger partial charge in [0.15, 0.2) is 11.6 Å². The van der Waals surface area contributed by atoms with Gasteiger partial charge in [-0.05, 0) is 56.5 Å². The standard InChI is InChI=1S/C19H19FN4O/c1-12-13(2)22-23-19(17(12)10-21)24-9-3-4-15(11-24)18(25)14-5-7-16(20)8-6-14/h5-8,15H,3-4,9,11H2,1-2H3. The smallest absolute Gasteiger partial charge is 0.169 e. The summed E-state index contributed by atoms with van der Waals surface area (Å²) in [6.45, 7) is 4.91. The summed E-state index contributed by atoms with van der Waals surface area (Å²) in [5.74, 6) is -0.0118. The maximum Gasteiger partial charge on any atom is 0.169 e. The Morgan fingerprint density at radius 1 is 1.28 bits per heavy atom. The molecule has 2 heterocycles. The number of anilines is 1. The van der Waals surface area contributed by atoms with Crippen molar-refractivity contribution in [3.8, 4) is 6.07 Å². The van der Waals surface area contributed by atoms with Crippen molar-refractivity contribution in [3.05, 3.63) is 52.5 Å². The van der Waals surface area contributed by atoms with Gasteiger partial charge < -0.3 is 4.90 Å². The van der Waals surface area contributed by atoms with Crippen LogP contribution in [0, 0.1) is 36.9 Å². The van der Waals surface area contributed by atoms with Gasteiger partial charge in [-0.2, -0.15) is 10.4 Å². The van der Waals surface area contributed by atoms with Gasteiger partial charge in [-0.1, -0.05) is 0 Å². The van der Waals surface area contributed by atoms with Crippen molar-refractivity contribution in [1.29, 1.82) is 5.26 Å². The number of hydrogen-bond donors (Lipinski definition) is 0. The molecule has 0 bridgehead atoms. The molecule has 1 atom stereocenters. The summed E-state index contributed by atoms with van der Waals surface area (Å²) in [5, 5.41) is 17.8. The molecule has 1 unspecified atom stereocenters. The van der Waals surface area contributed by atoms with Gasteiger partial charge in [-0.25, -0.2) is 4.39 Å². The Bertz CT molecular complexity index is 842. The summed E-state index contributed by atoms with van der Waals surface area (Å²) < 4.78 is 13.1. The first-order chi connectivity index (χ1) is 12.0. The van der Waals surface area contributed by atoms with Crippen molar-refractivity contribution in [3.63, 3.8) is 0 Å². The summed E-state index contributed by atoms with van der Waals surface area (Å²) in [5.41, 5.74) is 2.58. The average molecular weight is 338 g/mol. The molecule has 0 N–H and O–H groups in total. The summed E-state index contributed by atoms with van der Waals surface area (Å²) in [4.78, 5) is 14.7. The molecule has 6 heteroatoms. The van der Waals surface area contributed by atoms with Gasteiger partial charge in [0.05, 0.1) is 5.69 Å². The monoisotopic (exact) mass is 338 g/mol. The molecule has 0 spiro atoms. The Hall–Kier alpha value is -2.81. The number of halogens is 1. The Balaban J connectivity index is 1.85. The van der Waals surface area contributed by atoms with Crippen LogP contribution in [0.4, 0.5) is 10.2 Å². The number of aryl methyl sites for hydroxylation is 1. The average Bonchev–Trinajstić information content (AvgIpc) is 2.64. The number of carbonyl (C=O) groups is 1. The minimum absolute atomic E-state index is 0.000000420. The topological polar surface area (TPSA) is 69.9 Å². The second-order valence-corrected chi connectivity index (χ2v) is 6.38. The molecule has 1 aliphatic rings. The van der Waals surface area contributed by atoms with Gasteiger partial charge in [0, 0.05) is 24.6 Å². The van der Waals surface area contributed by atoms with Crippen molar-refractivity contribution in [2.45, 2.75) is 26.7 Å². The third-order valence-corrected chi connectivity index (χ3v) is 4.77. The van der Waals surface area contributed by atoms with E-state index >= 15 is 0 Å². The zero-order chi connectivity index (χ0) is 18.0. The molecule has 0 amide bonds. The molecule has 3 rings (SSSR count). The number of piperidine rings is 1. The van der Waals surface area contributed by atoms with E-state index in [4.69, 9.17) is 0 Å². The van der Waals surface area contributed by atoms with E-state index in [0.717, 1.165) is 30.6 Å². The van der Waals surface area contributed by atoms with Crippen LogP contribution in [0.15, 0.2) is 24.3 Å². The second kappa shape index (κ2) is 6.98. The Labute approximate surface area is 146 Å². The fourth-order valence-corrected chi connectivity index (χ4v) is 3.18. The van der Waals surface area contributed by atoms with Crippen LogP contribution in [0.2, 0.25) is 0 Å². The number of carbonyl (C=O) groups excluding carboxylic acids is 1. The summed E-state index contributed by atoms with van der Waals surface area (Å²) in [6.07, 6.45) is 1.60. The maximum atomic E-state index is 13.1. The molecule has 5 nitrogen and oxygen atoms in total. The van der Waals surface area contributed by atoms with Gasteiger partial charge in [0.25, 0.3) is 0 Å². The molecule has 25 heavy (non-hydrogen) atoms. The van der Waals surface area contributed by atoms with Crippen LogP contribution in [0.25, 0.3) is 0 Å². The number of nitriles is 1. The van der Waals surface area contributed by atoms with E-state index in [1.807, 2.05) is 18.7 Å². The van der Waals surface area contributed by atoms with Crippen molar-refractivity contribution < 1.29 is 9.18 Å². The van der Waals surface area contributed by atoms with E-state index in [2.05, 4.69) is 16.3 Å². The lowest BCUT2D eigenvalue weighted by molar-refractivity contribution is 0.0907. The lowest BCUT2D eigenvalue weighted by Gasteiger charge is -2.33. The number of rotatable bonds is 3. The van der Waals surface area contributed by atoms with Gasteiger partial charge in [0.1, 0.15) is 17.4 Å². The number of ketones is 1. The van der Waals surface area contributed by atoms with Crippen molar-refractivity contribution in [2.75, 3.05) is 18.0 Å². The Morgan fingerprint density at radius 2 is 2.00 bits per heavy atom. The normalized spacial score (nSPS) is 17.2. The Kier molecular flexibility index (Phi) is 4.75. The van der Waals surface area contributed by atoms with E-state index < -0.39 is 0 Å². The predicted octanol–water partition coefficient (Wildman–Crippen LogP) is 3.20. The molecule has 1 saturated heterocycles. The van der Waals surface area contributed by atoms with Gasteiger partial charge >= 0.3 is 0 Å². The number of aromatic nitrogens is 2. The van der Waals surface area contributed by atoms with Crippen LogP contribution >= 0.6 is 0 Å². The minimum atomic E-state index is -0.356. The quantitative estimate of drug-likeness (QED) is 0.804. The van der Waals surface area contributed by atoms with E-state index in [-0.39, 0.29) is 17.5 Å². The fraction of sp³-hybridized carbons (Fsp3) is 0.368. The summed E-state index contributed by atoms with van der Waals surface area (Å²) in [7, 11) is 0. The second-order valence-electron chi connectivity index (χ2n) is 6.38. The largest absolute Gasteiger partial charge is 0.353 e. The molecule has 1 aromatic heterocycles. The highest BCUT2D eigenvalue weighted by molar-refractivity contribution is 5.98. The first kappa shape index (κ1) is 17.0. The molecular formula is C19H19FN4O. The molecule has 1 aromatic carbocycles. The van der Waals surface area contributed by atoms with Crippen LogP contribution in [-0.2, 0) is 0 Å². The molecule has 1 fully saturated rings. The van der Waals surface area contributed by atoms with Crippen LogP contribution in [0.1, 0.15) is 40.0 Å². The first-order valence-electron chi connectivity index (χ1n) is 8.30. The van der Waals surface area contributed by atoms with Gasteiger partial charge in [-0.15, -0.1) is 5.10 Å². The molecular weight excluding hydrogens is 319 g/mol. The number of Topliss-reactive ketones (excluding diaryl/α,β-unsaturated/α-hetero) is 1. The summed E-state index contributed by atoms with van der Waals surface area (Å²) in [6, 6.07) is 7.86. The van der Waals surface area contributed by atoms with E-state index in [1.165, 1.54) is 24.3 Å².